The molecule has 2 aromatic rings. The van der Waals surface area contributed by atoms with Gasteiger partial charge in [0, 0.05) is 5.56 Å². The highest BCUT2D eigenvalue weighted by Gasteiger charge is 2.13. The summed E-state index contributed by atoms with van der Waals surface area (Å²) < 4.78 is 5.85. The van der Waals surface area contributed by atoms with Crippen molar-refractivity contribution < 1.29 is 20.1 Å². The zero-order valence-corrected chi connectivity index (χ0v) is 16.7. The van der Waals surface area contributed by atoms with Crippen LogP contribution in [-0.2, 0) is 19.3 Å². The first-order valence-electron chi connectivity index (χ1n) is 9.90. The lowest BCUT2D eigenvalue weighted by molar-refractivity contribution is 0.301. The Hall–Kier alpha value is -2.36. The van der Waals surface area contributed by atoms with Crippen molar-refractivity contribution in [2.45, 2.75) is 59.3 Å². The predicted molar refractivity (Wildman–Crippen MR) is 109 cm³/mol. The van der Waals surface area contributed by atoms with Crippen LogP contribution in [0, 0.1) is 5.92 Å². The van der Waals surface area contributed by atoms with E-state index in [1.54, 1.807) is 12.1 Å². The molecule has 0 radical (unpaired) electrons. The third-order valence-corrected chi connectivity index (χ3v) is 4.65. The molecule has 0 saturated carbocycles. The van der Waals surface area contributed by atoms with Crippen LogP contribution in [0.2, 0.25) is 0 Å². The van der Waals surface area contributed by atoms with Crippen LogP contribution in [0.3, 0.4) is 0 Å². The number of phenols is 3. The maximum Gasteiger partial charge on any atom is 0.160 e. The van der Waals surface area contributed by atoms with E-state index in [9.17, 15) is 15.3 Å². The van der Waals surface area contributed by atoms with E-state index < -0.39 is 0 Å². The third kappa shape index (κ3) is 5.81. The highest BCUT2D eigenvalue weighted by atomic mass is 16.5. The summed E-state index contributed by atoms with van der Waals surface area (Å²) in [6.45, 7) is 6.80. The zero-order valence-electron chi connectivity index (χ0n) is 16.7. The second-order valence-electron chi connectivity index (χ2n) is 7.49. The van der Waals surface area contributed by atoms with E-state index in [0.717, 1.165) is 54.5 Å². The molecule has 4 nitrogen and oxygen atoms in total. The van der Waals surface area contributed by atoms with E-state index >= 15 is 0 Å². The SMILES string of the molecule is CCCc1c(O)cccc1OCCCCc1ccc(CC(C)C)c(O)c1O. The van der Waals surface area contributed by atoms with Gasteiger partial charge in [-0.25, -0.2) is 0 Å². The Labute approximate surface area is 162 Å². The van der Waals surface area contributed by atoms with Crippen LogP contribution in [0.15, 0.2) is 30.3 Å². The molecule has 2 aromatic carbocycles. The number of ether oxygens (including phenoxy) is 1. The van der Waals surface area contributed by atoms with E-state index in [1.165, 1.54) is 0 Å². The Balaban J connectivity index is 1.86. The molecular formula is C23H32O4. The molecular weight excluding hydrogens is 340 g/mol. The van der Waals surface area contributed by atoms with Gasteiger partial charge in [-0.05, 0) is 61.3 Å². The summed E-state index contributed by atoms with van der Waals surface area (Å²) in [4.78, 5) is 0. The van der Waals surface area contributed by atoms with E-state index in [2.05, 4.69) is 20.8 Å². The van der Waals surface area contributed by atoms with Crippen LogP contribution in [0.4, 0.5) is 0 Å². The molecule has 0 aliphatic heterocycles. The number of hydrogen-bond donors (Lipinski definition) is 3. The fourth-order valence-electron chi connectivity index (χ4n) is 3.26. The van der Waals surface area contributed by atoms with Gasteiger partial charge in [0.2, 0.25) is 0 Å². The van der Waals surface area contributed by atoms with Gasteiger partial charge >= 0.3 is 0 Å². The van der Waals surface area contributed by atoms with Gasteiger partial charge in [-0.3, -0.25) is 0 Å². The molecule has 0 spiro atoms. The van der Waals surface area contributed by atoms with Crippen molar-refractivity contribution in [3.05, 3.63) is 47.0 Å². The van der Waals surface area contributed by atoms with Crippen molar-refractivity contribution in [2.24, 2.45) is 5.92 Å². The quantitative estimate of drug-likeness (QED) is 0.388. The van der Waals surface area contributed by atoms with Crippen molar-refractivity contribution in [1.29, 1.82) is 0 Å². The van der Waals surface area contributed by atoms with E-state index in [-0.39, 0.29) is 17.2 Å². The normalized spacial score (nSPS) is 11.1. The zero-order chi connectivity index (χ0) is 19.8. The molecule has 0 aliphatic carbocycles. The highest BCUT2D eigenvalue weighted by molar-refractivity contribution is 5.50. The first kappa shape index (κ1) is 20.9. The molecule has 0 atom stereocenters. The van der Waals surface area contributed by atoms with Crippen LogP contribution in [0.5, 0.6) is 23.0 Å². The minimum Gasteiger partial charge on any atom is -0.508 e. The maximum absolute atomic E-state index is 10.2. The lowest BCUT2D eigenvalue weighted by Crippen LogP contribution is -2.02. The Bertz CT molecular complexity index is 737. The smallest absolute Gasteiger partial charge is 0.160 e. The molecule has 0 unspecified atom stereocenters. The molecule has 4 heteroatoms. The number of aromatic hydroxyl groups is 3. The van der Waals surface area contributed by atoms with Crippen molar-refractivity contribution in [2.75, 3.05) is 6.61 Å². The molecule has 0 heterocycles. The van der Waals surface area contributed by atoms with E-state index in [1.807, 2.05) is 18.2 Å². The number of rotatable bonds is 10. The number of benzene rings is 2. The summed E-state index contributed by atoms with van der Waals surface area (Å²) in [7, 11) is 0. The van der Waals surface area contributed by atoms with Gasteiger partial charge in [0.15, 0.2) is 11.5 Å². The molecule has 0 amide bonds. The van der Waals surface area contributed by atoms with Gasteiger partial charge in [0.25, 0.3) is 0 Å². The molecule has 0 saturated heterocycles. The number of aryl methyl sites for hydroxylation is 1. The maximum atomic E-state index is 10.2. The molecule has 27 heavy (non-hydrogen) atoms. The van der Waals surface area contributed by atoms with Gasteiger partial charge in [0.1, 0.15) is 11.5 Å². The van der Waals surface area contributed by atoms with Gasteiger partial charge in [-0.15, -0.1) is 0 Å². The van der Waals surface area contributed by atoms with Crippen molar-refractivity contribution >= 4 is 0 Å². The molecule has 2 rings (SSSR count). The lowest BCUT2D eigenvalue weighted by atomic mass is 9.98. The van der Waals surface area contributed by atoms with Crippen LogP contribution < -0.4 is 4.74 Å². The van der Waals surface area contributed by atoms with Crippen LogP contribution in [-0.4, -0.2) is 21.9 Å². The number of unbranched alkanes of at least 4 members (excludes halogenated alkanes) is 1. The fourth-order valence-corrected chi connectivity index (χ4v) is 3.26. The van der Waals surface area contributed by atoms with Crippen LogP contribution in [0.25, 0.3) is 0 Å². The Morgan fingerprint density at radius 1 is 0.889 bits per heavy atom. The lowest BCUT2D eigenvalue weighted by Gasteiger charge is -2.13. The summed E-state index contributed by atoms with van der Waals surface area (Å²) in [5, 5.41) is 30.4. The monoisotopic (exact) mass is 372 g/mol. The van der Waals surface area contributed by atoms with Gasteiger partial charge in [-0.2, -0.15) is 0 Å². The van der Waals surface area contributed by atoms with Crippen LogP contribution in [0.1, 0.15) is 56.7 Å². The van der Waals surface area contributed by atoms with Crippen molar-refractivity contribution in [1.82, 2.24) is 0 Å². The van der Waals surface area contributed by atoms with Crippen molar-refractivity contribution in [3.8, 4) is 23.0 Å². The van der Waals surface area contributed by atoms with Crippen LogP contribution >= 0.6 is 0 Å². The molecule has 148 valence electrons. The molecule has 3 N–H and O–H groups in total. The second-order valence-corrected chi connectivity index (χ2v) is 7.49. The topological polar surface area (TPSA) is 69.9 Å². The Morgan fingerprint density at radius 3 is 2.30 bits per heavy atom. The van der Waals surface area contributed by atoms with Gasteiger partial charge in [0.05, 0.1) is 6.61 Å². The number of hydrogen-bond acceptors (Lipinski definition) is 4. The number of phenolic OH excluding ortho intramolecular Hbond substituents is 3. The minimum atomic E-state index is 0.00674. The third-order valence-electron chi connectivity index (χ3n) is 4.65. The molecule has 0 bridgehead atoms. The highest BCUT2D eigenvalue weighted by Crippen LogP contribution is 2.35. The Kier molecular flexibility index (Phi) is 7.83. The average molecular weight is 373 g/mol. The molecule has 0 aromatic heterocycles. The summed E-state index contributed by atoms with van der Waals surface area (Å²) in [5.74, 6) is 1.48. The summed E-state index contributed by atoms with van der Waals surface area (Å²) in [6, 6.07) is 9.19. The van der Waals surface area contributed by atoms with Gasteiger partial charge in [-0.1, -0.05) is 45.4 Å². The van der Waals surface area contributed by atoms with E-state index in [0.29, 0.717) is 18.9 Å². The van der Waals surface area contributed by atoms with Gasteiger partial charge < -0.3 is 20.1 Å². The summed E-state index contributed by atoms with van der Waals surface area (Å²) in [5.41, 5.74) is 2.43. The van der Waals surface area contributed by atoms with Crippen molar-refractivity contribution in [3.63, 3.8) is 0 Å². The fraction of sp³-hybridized carbons (Fsp3) is 0.478. The first-order chi connectivity index (χ1) is 12.9. The summed E-state index contributed by atoms with van der Waals surface area (Å²) in [6.07, 6.45) is 4.85. The summed E-state index contributed by atoms with van der Waals surface area (Å²) >= 11 is 0. The Morgan fingerprint density at radius 2 is 1.59 bits per heavy atom. The largest absolute Gasteiger partial charge is 0.508 e. The predicted octanol–water partition coefficient (Wildman–Crippen LogP) is 5.36. The standard InChI is InChI=1S/C23H32O4/c1-4-8-19-20(24)10-7-11-21(19)27-14-6-5-9-17-12-13-18(15-16(2)3)23(26)22(17)25/h7,10-13,16,24-26H,4-6,8-9,14-15H2,1-3H3. The first-order valence-corrected chi connectivity index (χ1v) is 9.90. The minimum absolute atomic E-state index is 0.00674. The van der Waals surface area contributed by atoms with E-state index in [4.69, 9.17) is 4.74 Å². The second kappa shape index (κ2) is 10.1. The average Bonchev–Trinajstić information content (AvgIpc) is 2.62. The molecule has 0 aliphatic rings. The molecule has 0 fully saturated rings.